The van der Waals surface area contributed by atoms with Crippen molar-refractivity contribution in [3.05, 3.63) is 17.8 Å². The Bertz CT molecular complexity index is 482. The van der Waals surface area contributed by atoms with E-state index in [-0.39, 0.29) is 11.4 Å². The number of carboxylic acids is 2. The van der Waals surface area contributed by atoms with Crippen molar-refractivity contribution in [3.8, 4) is 6.07 Å². The fraction of sp³-hybridized carbons (Fsp3) is 0.222. The first kappa shape index (κ1) is 12.4. The number of aliphatic carboxylic acids is 2. The number of carbonyl (C=O) groups is 2. The van der Waals surface area contributed by atoms with Gasteiger partial charge in [0.1, 0.15) is 12.1 Å². The van der Waals surface area contributed by atoms with Crippen molar-refractivity contribution in [3.63, 3.8) is 0 Å². The third-order valence-electron chi connectivity index (χ3n) is 1.83. The molecule has 0 aliphatic rings. The summed E-state index contributed by atoms with van der Waals surface area (Å²) in [5, 5.41) is 35.4. The van der Waals surface area contributed by atoms with Gasteiger partial charge in [0.25, 0.3) is 0 Å². The van der Waals surface area contributed by atoms with Crippen LogP contribution in [0.3, 0.4) is 0 Å². The van der Waals surface area contributed by atoms with Gasteiger partial charge in [0.15, 0.2) is 5.82 Å². The highest BCUT2D eigenvalue weighted by Crippen LogP contribution is 2.11. The Morgan fingerprint density at radius 2 is 2.24 bits per heavy atom. The standard InChI is InChI=1S/C9H8N4O4/c10-4-5-1-2-11-13-8(5)12-6(9(16)17)3-7(14)15/h1-2,6H,3H2,(H,12,13)(H,14,15)(H,16,17). The smallest absolute Gasteiger partial charge is 0.326 e. The van der Waals surface area contributed by atoms with Crippen LogP contribution in [0, 0.1) is 11.3 Å². The summed E-state index contributed by atoms with van der Waals surface area (Å²) < 4.78 is 0. The Morgan fingerprint density at radius 3 is 2.76 bits per heavy atom. The first-order valence-corrected chi connectivity index (χ1v) is 4.47. The molecule has 8 nitrogen and oxygen atoms in total. The van der Waals surface area contributed by atoms with E-state index in [9.17, 15) is 9.59 Å². The SMILES string of the molecule is N#Cc1ccnnc1NC(CC(=O)O)C(=O)O. The maximum Gasteiger partial charge on any atom is 0.326 e. The second-order valence-electron chi connectivity index (χ2n) is 3.04. The first-order valence-electron chi connectivity index (χ1n) is 4.47. The van der Waals surface area contributed by atoms with E-state index in [1.54, 1.807) is 6.07 Å². The molecule has 1 heterocycles. The Labute approximate surface area is 95.5 Å². The van der Waals surface area contributed by atoms with Crippen molar-refractivity contribution in [2.75, 3.05) is 5.32 Å². The number of hydrogen-bond acceptors (Lipinski definition) is 6. The second-order valence-corrected chi connectivity index (χ2v) is 3.04. The lowest BCUT2D eigenvalue weighted by Crippen LogP contribution is -2.32. The fourth-order valence-electron chi connectivity index (χ4n) is 1.07. The van der Waals surface area contributed by atoms with Crippen molar-refractivity contribution in [2.45, 2.75) is 12.5 Å². The zero-order valence-electron chi connectivity index (χ0n) is 8.49. The predicted molar refractivity (Wildman–Crippen MR) is 54.0 cm³/mol. The first-order chi connectivity index (χ1) is 8.04. The molecular weight excluding hydrogens is 228 g/mol. The van der Waals surface area contributed by atoms with Gasteiger partial charge >= 0.3 is 11.9 Å². The number of rotatable bonds is 5. The van der Waals surface area contributed by atoms with Crippen LogP contribution in [0.15, 0.2) is 12.3 Å². The molecule has 8 heteroatoms. The Hall–Kier alpha value is -2.69. The maximum absolute atomic E-state index is 10.8. The maximum atomic E-state index is 10.8. The van der Waals surface area contributed by atoms with Gasteiger partial charge in [-0.05, 0) is 6.07 Å². The molecule has 0 bridgehead atoms. The van der Waals surface area contributed by atoms with Gasteiger partial charge in [0.05, 0.1) is 18.2 Å². The lowest BCUT2D eigenvalue weighted by Gasteiger charge is -2.12. The molecule has 1 aromatic rings. The highest BCUT2D eigenvalue weighted by molar-refractivity contribution is 5.83. The van der Waals surface area contributed by atoms with Gasteiger partial charge in [-0.25, -0.2) is 4.79 Å². The summed E-state index contributed by atoms with van der Waals surface area (Å²) in [6, 6.07) is 1.77. The zero-order valence-corrected chi connectivity index (χ0v) is 8.49. The number of nitrogens with zero attached hydrogens (tertiary/aromatic N) is 3. The van der Waals surface area contributed by atoms with Crippen LogP contribution in [0.1, 0.15) is 12.0 Å². The Balaban J connectivity index is 2.90. The van der Waals surface area contributed by atoms with Crippen molar-refractivity contribution < 1.29 is 19.8 Å². The number of hydrogen-bond donors (Lipinski definition) is 3. The second kappa shape index (κ2) is 5.41. The van der Waals surface area contributed by atoms with E-state index in [2.05, 4.69) is 15.5 Å². The molecule has 1 aromatic heterocycles. The van der Waals surface area contributed by atoms with Crippen LogP contribution in [0.25, 0.3) is 0 Å². The molecule has 1 unspecified atom stereocenters. The quantitative estimate of drug-likeness (QED) is 0.633. The predicted octanol–water partition coefficient (Wildman–Crippen LogP) is -0.312. The molecule has 0 amide bonds. The molecule has 17 heavy (non-hydrogen) atoms. The number of carboxylic acid groups (broad SMARTS) is 2. The summed E-state index contributed by atoms with van der Waals surface area (Å²) in [4.78, 5) is 21.2. The molecule has 1 rings (SSSR count). The van der Waals surface area contributed by atoms with Crippen LogP contribution in [-0.4, -0.2) is 38.4 Å². The number of nitrogens with one attached hydrogen (secondary N) is 1. The van der Waals surface area contributed by atoms with E-state index in [1.165, 1.54) is 12.3 Å². The Morgan fingerprint density at radius 1 is 1.53 bits per heavy atom. The molecule has 0 aromatic carbocycles. The molecule has 0 fully saturated rings. The van der Waals surface area contributed by atoms with Crippen molar-refractivity contribution >= 4 is 17.8 Å². The molecule has 0 radical (unpaired) electrons. The molecule has 0 saturated carbocycles. The van der Waals surface area contributed by atoms with E-state index in [4.69, 9.17) is 15.5 Å². The minimum atomic E-state index is -1.36. The van der Waals surface area contributed by atoms with Crippen molar-refractivity contribution in [2.24, 2.45) is 0 Å². The van der Waals surface area contributed by atoms with Gasteiger partial charge in [0, 0.05) is 0 Å². The topological polar surface area (TPSA) is 136 Å². The fourth-order valence-corrected chi connectivity index (χ4v) is 1.07. The summed E-state index contributed by atoms with van der Waals surface area (Å²) in [7, 11) is 0. The van der Waals surface area contributed by atoms with E-state index in [1.807, 2.05) is 0 Å². The van der Waals surface area contributed by atoms with Gasteiger partial charge in [-0.2, -0.15) is 10.4 Å². The van der Waals surface area contributed by atoms with Gasteiger partial charge in [-0.1, -0.05) is 0 Å². The highest BCUT2D eigenvalue weighted by Gasteiger charge is 2.22. The average molecular weight is 236 g/mol. The lowest BCUT2D eigenvalue weighted by molar-refractivity contribution is -0.144. The van der Waals surface area contributed by atoms with E-state index >= 15 is 0 Å². The largest absolute Gasteiger partial charge is 0.481 e. The minimum absolute atomic E-state index is 0.0522. The normalized spacial score (nSPS) is 11.2. The molecule has 0 aliphatic carbocycles. The van der Waals surface area contributed by atoms with E-state index in [0.717, 1.165) is 0 Å². The molecule has 0 saturated heterocycles. The minimum Gasteiger partial charge on any atom is -0.481 e. The van der Waals surface area contributed by atoms with Gasteiger partial charge < -0.3 is 15.5 Å². The van der Waals surface area contributed by atoms with Crippen LogP contribution in [-0.2, 0) is 9.59 Å². The summed E-state index contributed by atoms with van der Waals surface area (Å²) in [5.74, 6) is -2.67. The number of anilines is 1. The molecule has 88 valence electrons. The van der Waals surface area contributed by atoms with Crippen LogP contribution < -0.4 is 5.32 Å². The third kappa shape index (κ3) is 3.42. The highest BCUT2D eigenvalue weighted by atomic mass is 16.4. The van der Waals surface area contributed by atoms with Gasteiger partial charge in [-0.3, -0.25) is 4.79 Å². The van der Waals surface area contributed by atoms with E-state index in [0.29, 0.717) is 0 Å². The van der Waals surface area contributed by atoms with Crippen LogP contribution in [0.5, 0.6) is 0 Å². The molecule has 1 atom stereocenters. The van der Waals surface area contributed by atoms with Crippen LogP contribution >= 0.6 is 0 Å². The average Bonchev–Trinajstić information content (AvgIpc) is 2.28. The third-order valence-corrected chi connectivity index (χ3v) is 1.83. The molecule has 0 aliphatic heterocycles. The van der Waals surface area contributed by atoms with Crippen LogP contribution in [0.2, 0.25) is 0 Å². The van der Waals surface area contributed by atoms with Crippen molar-refractivity contribution in [1.82, 2.24) is 10.2 Å². The molecule has 0 spiro atoms. The number of aromatic nitrogens is 2. The van der Waals surface area contributed by atoms with E-state index < -0.39 is 24.4 Å². The molecule has 3 N–H and O–H groups in total. The van der Waals surface area contributed by atoms with Crippen molar-refractivity contribution in [1.29, 1.82) is 5.26 Å². The monoisotopic (exact) mass is 236 g/mol. The van der Waals surface area contributed by atoms with Gasteiger partial charge in [0.2, 0.25) is 0 Å². The summed E-state index contributed by atoms with van der Waals surface area (Å²) >= 11 is 0. The Kier molecular flexibility index (Phi) is 3.94. The van der Waals surface area contributed by atoms with Gasteiger partial charge in [-0.15, -0.1) is 5.10 Å². The summed E-state index contributed by atoms with van der Waals surface area (Å²) in [6.07, 6.45) is 0.646. The number of nitriles is 1. The lowest BCUT2D eigenvalue weighted by atomic mass is 10.2. The summed E-state index contributed by atoms with van der Waals surface area (Å²) in [5.41, 5.74) is 0.0941. The zero-order chi connectivity index (χ0) is 12.8. The molecular formula is C9H8N4O4. The van der Waals surface area contributed by atoms with Crippen LogP contribution in [0.4, 0.5) is 5.82 Å². The summed E-state index contributed by atoms with van der Waals surface area (Å²) in [6.45, 7) is 0.